The van der Waals surface area contributed by atoms with Gasteiger partial charge in [0.15, 0.2) is 11.5 Å². The summed E-state index contributed by atoms with van der Waals surface area (Å²) in [5.74, 6) is 1.22. The maximum atomic E-state index is 12.4. The summed E-state index contributed by atoms with van der Waals surface area (Å²) in [4.78, 5) is 17.1. The normalized spacial score (nSPS) is 14.7. The van der Waals surface area contributed by atoms with E-state index < -0.39 is 0 Å². The molecule has 1 aliphatic heterocycles. The Labute approximate surface area is 179 Å². The highest BCUT2D eigenvalue weighted by Gasteiger charge is 2.16. The molecule has 1 saturated heterocycles. The number of carbonyl (C=O) groups excluding carboxylic acids is 1. The number of rotatable bonds is 8. The number of likely N-dealkylation sites (N-methyl/N-ethyl adjacent to an activating group) is 1. The standard InChI is InChI=1S/C24H31N3O3/c1-4-30-22-11-9-19(17-23(22)29-3)10-12-24(28)25-18-20-7-5-6-8-21(20)27-15-13-26(2)14-16-27/h5-12,17H,4,13-16,18H2,1-3H3,(H,25,28)/b12-10+. The monoisotopic (exact) mass is 409 g/mol. The van der Waals surface area contributed by atoms with Crippen LogP contribution in [0.1, 0.15) is 18.1 Å². The van der Waals surface area contributed by atoms with Crippen LogP contribution in [0.15, 0.2) is 48.5 Å². The van der Waals surface area contributed by atoms with Gasteiger partial charge in [-0.05, 0) is 49.4 Å². The SMILES string of the molecule is CCOc1ccc(/C=C/C(=O)NCc2ccccc2N2CCN(C)CC2)cc1OC. The summed E-state index contributed by atoms with van der Waals surface area (Å²) < 4.78 is 10.9. The van der Waals surface area contributed by atoms with Crippen molar-refractivity contribution in [3.8, 4) is 11.5 Å². The van der Waals surface area contributed by atoms with Gasteiger partial charge in [0.05, 0.1) is 13.7 Å². The van der Waals surface area contributed by atoms with Crippen molar-refractivity contribution in [2.24, 2.45) is 0 Å². The van der Waals surface area contributed by atoms with Gasteiger partial charge in [-0.1, -0.05) is 24.3 Å². The van der Waals surface area contributed by atoms with Crippen molar-refractivity contribution in [1.82, 2.24) is 10.2 Å². The van der Waals surface area contributed by atoms with Crippen molar-refractivity contribution >= 4 is 17.7 Å². The zero-order valence-corrected chi connectivity index (χ0v) is 18.1. The molecule has 0 aromatic heterocycles. The van der Waals surface area contributed by atoms with E-state index in [1.54, 1.807) is 19.3 Å². The minimum Gasteiger partial charge on any atom is -0.493 e. The third-order valence-electron chi connectivity index (χ3n) is 5.20. The maximum Gasteiger partial charge on any atom is 0.244 e. The van der Waals surface area contributed by atoms with Gasteiger partial charge >= 0.3 is 0 Å². The first-order valence-corrected chi connectivity index (χ1v) is 10.4. The van der Waals surface area contributed by atoms with Gasteiger partial charge in [-0.3, -0.25) is 4.79 Å². The van der Waals surface area contributed by atoms with E-state index in [1.165, 1.54) is 5.69 Å². The van der Waals surface area contributed by atoms with E-state index >= 15 is 0 Å². The maximum absolute atomic E-state index is 12.4. The lowest BCUT2D eigenvalue weighted by Gasteiger charge is -2.35. The molecule has 1 aliphatic rings. The molecule has 0 spiro atoms. The lowest BCUT2D eigenvalue weighted by molar-refractivity contribution is -0.116. The van der Waals surface area contributed by atoms with Crippen LogP contribution < -0.4 is 19.7 Å². The number of benzene rings is 2. The fourth-order valence-electron chi connectivity index (χ4n) is 3.49. The van der Waals surface area contributed by atoms with Gasteiger partial charge in [0.1, 0.15) is 0 Å². The summed E-state index contributed by atoms with van der Waals surface area (Å²) in [7, 11) is 3.76. The molecular weight excluding hydrogens is 378 g/mol. The van der Waals surface area contributed by atoms with Crippen LogP contribution in [0.2, 0.25) is 0 Å². The molecule has 160 valence electrons. The molecule has 0 saturated carbocycles. The zero-order chi connectivity index (χ0) is 21.3. The highest BCUT2D eigenvalue weighted by molar-refractivity contribution is 5.91. The van der Waals surface area contributed by atoms with Crippen LogP contribution in [0.5, 0.6) is 11.5 Å². The second-order valence-corrected chi connectivity index (χ2v) is 7.31. The molecular formula is C24H31N3O3. The average molecular weight is 410 g/mol. The number of nitrogens with zero attached hydrogens (tertiary/aromatic N) is 2. The van der Waals surface area contributed by atoms with Crippen LogP contribution in [-0.2, 0) is 11.3 Å². The second kappa shape index (κ2) is 10.7. The Bertz CT molecular complexity index is 874. The topological polar surface area (TPSA) is 54.0 Å². The summed E-state index contributed by atoms with van der Waals surface area (Å²) in [6.07, 6.45) is 3.33. The Morgan fingerprint density at radius 1 is 1.10 bits per heavy atom. The van der Waals surface area contributed by atoms with E-state index in [9.17, 15) is 4.79 Å². The third kappa shape index (κ3) is 5.76. The van der Waals surface area contributed by atoms with Gasteiger partial charge < -0.3 is 24.6 Å². The molecule has 1 amide bonds. The lowest BCUT2D eigenvalue weighted by atomic mass is 10.1. The van der Waals surface area contributed by atoms with Crippen molar-refractivity contribution in [1.29, 1.82) is 0 Å². The first-order chi connectivity index (χ1) is 14.6. The Hall–Kier alpha value is -2.99. The molecule has 30 heavy (non-hydrogen) atoms. The van der Waals surface area contributed by atoms with Crippen molar-refractivity contribution in [2.75, 3.05) is 51.8 Å². The Kier molecular flexibility index (Phi) is 7.74. The van der Waals surface area contributed by atoms with Crippen molar-refractivity contribution in [2.45, 2.75) is 13.5 Å². The zero-order valence-electron chi connectivity index (χ0n) is 18.1. The summed E-state index contributed by atoms with van der Waals surface area (Å²) in [6.45, 7) is 7.10. The van der Waals surface area contributed by atoms with Crippen molar-refractivity contribution in [3.05, 3.63) is 59.7 Å². The van der Waals surface area contributed by atoms with Crippen molar-refractivity contribution < 1.29 is 14.3 Å². The number of anilines is 1. The van der Waals surface area contributed by atoms with Gasteiger partial charge in [-0.2, -0.15) is 0 Å². The van der Waals surface area contributed by atoms with Crippen LogP contribution in [0.25, 0.3) is 6.08 Å². The van der Waals surface area contributed by atoms with Gasteiger partial charge in [0.2, 0.25) is 5.91 Å². The summed E-state index contributed by atoms with van der Waals surface area (Å²) in [5.41, 5.74) is 3.21. The predicted octanol–water partition coefficient (Wildman–Crippen LogP) is 3.18. The van der Waals surface area contributed by atoms with Crippen LogP contribution in [0, 0.1) is 0 Å². The second-order valence-electron chi connectivity index (χ2n) is 7.31. The first kappa shape index (κ1) is 21.7. The average Bonchev–Trinajstić information content (AvgIpc) is 2.78. The summed E-state index contributed by atoms with van der Waals surface area (Å²) >= 11 is 0. The van der Waals surface area contributed by atoms with E-state index in [4.69, 9.17) is 9.47 Å². The molecule has 2 aromatic carbocycles. The molecule has 0 unspecified atom stereocenters. The molecule has 6 heteroatoms. The molecule has 0 bridgehead atoms. The Balaban J connectivity index is 1.60. The molecule has 1 heterocycles. The number of ether oxygens (including phenoxy) is 2. The molecule has 0 atom stereocenters. The summed E-state index contributed by atoms with van der Waals surface area (Å²) in [6, 6.07) is 13.9. The van der Waals surface area contributed by atoms with Crippen LogP contribution >= 0.6 is 0 Å². The largest absolute Gasteiger partial charge is 0.493 e. The highest BCUT2D eigenvalue weighted by Crippen LogP contribution is 2.28. The molecule has 0 aliphatic carbocycles. The Morgan fingerprint density at radius 3 is 2.60 bits per heavy atom. The third-order valence-corrected chi connectivity index (χ3v) is 5.20. The minimum absolute atomic E-state index is 0.129. The number of hydrogen-bond donors (Lipinski definition) is 1. The van der Waals surface area contributed by atoms with E-state index in [-0.39, 0.29) is 5.91 Å². The van der Waals surface area contributed by atoms with Gasteiger partial charge in [-0.25, -0.2) is 0 Å². The van der Waals surface area contributed by atoms with E-state index in [0.29, 0.717) is 24.7 Å². The minimum atomic E-state index is -0.129. The first-order valence-electron chi connectivity index (χ1n) is 10.4. The number of hydrogen-bond acceptors (Lipinski definition) is 5. The molecule has 3 rings (SSSR count). The molecule has 2 aromatic rings. The van der Waals surface area contributed by atoms with Crippen LogP contribution in [-0.4, -0.2) is 57.8 Å². The van der Waals surface area contributed by atoms with E-state index in [2.05, 4.69) is 40.4 Å². The quantitative estimate of drug-likeness (QED) is 0.679. The van der Waals surface area contributed by atoms with Crippen LogP contribution in [0.4, 0.5) is 5.69 Å². The highest BCUT2D eigenvalue weighted by atomic mass is 16.5. The number of amides is 1. The number of piperazine rings is 1. The Morgan fingerprint density at radius 2 is 1.87 bits per heavy atom. The fraction of sp³-hybridized carbons (Fsp3) is 0.375. The fourth-order valence-corrected chi connectivity index (χ4v) is 3.49. The molecule has 1 N–H and O–H groups in total. The predicted molar refractivity (Wildman–Crippen MR) is 121 cm³/mol. The molecule has 0 radical (unpaired) electrons. The van der Waals surface area contributed by atoms with E-state index in [0.717, 1.165) is 37.3 Å². The molecule has 1 fully saturated rings. The number of methoxy groups -OCH3 is 1. The number of carbonyl (C=O) groups is 1. The van der Waals surface area contributed by atoms with Gasteiger partial charge in [0.25, 0.3) is 0 Å². The smallest absolute Gasteiger partial charge is 0.244 e. The number of nitrogens with one attached hydrogen (secondary N) is 1. The van der Waals surface area contributed by atoms with Crippen molar-refractivity contribution in [3.63, 3.8) is 0 Å². The number of para-hydroxylation sites is 1. The van der Waals surface area contributed by atoms with E-state index in [1.807, 2.05) is 31.2 Å². The lowest BCUT2D eigenvalue weighted by Crippen LogP contribution is -2.45. The molecule has 6 nitrogen and oxygen atoms in total. The van der Waals surface area contributed by atoms with Gasteiger partial charge in [-0.15, -0.1) is 0 Å². The summed E-state index contributed by atoms with van der Waals surface area (Å²) in [5, 5.41) is 3.00. The van der Waals surface area contributed by atoms with Crippen LogP contribution in [0.3, 0.4) is 0 Å². The van der Waals surface area contributed by atoms with Gasteiger partial charge in [0, 0.05) is 44.5 Å².